The monoisotopic (exact) mass is 116 g/mol. The van der Waals surface area contributed by atoms with Gasteiger partial charge in [0, 0.05) is 13.1 Å². The predicted molar refractivity (Wildman–Crippen MR) is 27.3 cm³/mol. The number of nitrogens with two attached hydrogens (primary N) is 1. The molecule has 0 aromatic heterocycles. The highest BCUT2D eigenvalue weighted by molar-refractivity contribution is 5.64. The molecule has 1 fully saturated rings. The van der Waals surface area contributed by atoms with Crippen LogP contribution in [0.2, 0.25) is 0 Å². The fourth-order valence-corrected chi connectivity index (χ4v) is 0.510. The van der Waals surface area contributed by atoms with Crippen molar-refractivity contribution in [2.75, 3.05) is 13.1 Å². The molecule has 0 spiro atoms. The molecule has 3 N–H and O–H groups in total. The van der Waals surface area contributed by atoms with E-state index in [2.05, 4.69) is 10.1 Å². The van der Waals surface area contributed by atoms with E-state index in [4.69, 9.17) is 5.73 Å². The average molecular weight is 116 g/mol. The van der Waals surface area contributed by atoms with Crippen molar-refractivity contribution in [1.29, 1.82) is 0 Å². The van der Waals surface area contributed by atoms with Crippen molar-refractivity contribution in [2.45, 2.75) is 6.10 Å². The van der Waals surface area contributed by atoms with E-state index in [0.29, 0.717) is 0 Å². The van der Waals surface area contributed by atoms with E-state index in [1.54, 1.807) is 0 Å². The molecule has 4 heteroatoms. The summed E-state index contributed by atoms with van der Waals surface area (Å²) in [5, 5.41) is 2.93. The Morgan fingerprint density at radius 3 is 2.50 bits per heavy atom. The molecule has 1 aliphatic rings. The number of carbonyl (C=O) groups excluding carboxylic acids is 1. The van der Waals surface area contributed by atoms with Gasteiger partial charge < -0.3 is 15.8 Å². The average Bonchev–Trinajstić information content (AvgIpc) is 1.55. The molecule has 0 unspecified atom stereocenters. The Morgan fingerprint density at radius 2 is 2.38 bits per heavy atom. The van der Waals surface area contributed by atoms with Gasteiger partial charge in [0.05, 0.1) is 0 Å². The third kappa shape index (κ3) is 1.10. The van der Waals surface area contributed by atoms with E-state index in [1.807, 2.05) is 0 Å². The van der Waals surface area contributed by atoms with Gasteiger partial charge in [-0.15, -0.1) is 0 Å². The Labute approximate surface area is 47.0 Å². The van der Waals surface area contributed by atoms with E-state index in [1.165, 1.54) is 0 Å². The van der Waals surface area contributed by atoms with E-state index < -0.39 is 6.09 Å². The van der Waals surface area contributed by atoms with Crippen molar-refractivity contribution in [3.8, 4) is 0 Å². The van der Waals surface area contributed by atoms with Gasteiger partial charge in [0.2, 0.25) is 0 Å². The lowest BCUT2D eigenvalue weighted by Crippen LogP contribution is -2.50. The Kier molecular flexibility index (Phi) is 1.34. The first-order valence-electron chi connectivity index (χ1n) is 2.46. The molecule has 0 aliphatic carbocycles. The Bertz CT molecular complexity index is 100. The van der Waals surface area contributed by atoms with Gasteiger partial charge in [-0.1, -0.05) is 0 Å². The molecule has 1 heterocycles. The van der Waals surface area contributed by atoms with Crippen LogP contribution in [-0.2, 0) is 4.74 Å². The number of rotatable bonds is 1. The third-order valence-electron chi connectivity index (χ3n) is 1.03. The van der Waals surface area contributed by atoms with Crippen LogP contribution < -0.4 is 11.1 Å². The number of nitrogens with one attached hydrogen (secondary N) is 1. The zero-order chi connectivity index (χ0) is 5.98. The van der Waals surface area contributed by atoms with Gasteiger partial charge in [-0.25, -0.2) is 4.79 Å². The minimum absolute atomic E-state index is 0.0208. The number of hydrogen-bond donors (Lipinski definition) is 2. The molecule has 0 radical (unpaired) electrons. The summed E-state index contributed by atoms with van der Waals surface area (Å²) in [5.74, 6) is 0. The lowest BCUT2D eigenvalue weighted by Gasteiger charge is -2.25. The second kappa shape index (κ2) is 2.00. The zero-order valence-electron chi connectivity index (χ0n) is 4.39. The molecule has 4 nitrogen and oxygen atoms in total. The van der Waals surface area contributed by atoms with E-state index in [0.717, 1.165) is 13.1 Å². The fraction of sp³-hybridized carbons (Fsp3) is 0.750. The molecule has 1 aliphatic heterocycles. The summed E-state index contributed by atoms with van der Waals surface area (Å²) >= 11 is 0. The number of ether oxygens (including phenoxy) is 1. The highest BCUT2D eigenvalue weighted by Crippen LogP contribution is 1.95. The van der Waals surface area contributed by atoms with Gasteiger partial charge in [0.1, 0.15) is 6.10 Å². The van der Waals surface area contributed by atoms with Crippen molar-refractivity contribution in [1.82, 2.24) is 5.32 Å². The van der Waals surface area contributed by atoms with Crippen molar-refractivity contribution >= 4 is 6.09 Å². The minimum Gasteiger partial charge on any atom is -0.444 e. The molecular formula is C4H8N2O2. The number of primary amides is 1. The molecule has 46 valence electrons. The lowest BCUT2D eigenvalue weighted by molar-refractivity contribution is 0.0743. The molecule has 0 atom stereocenters. The van der Waals surface area contributed by atoms with Gasteiger partial charge >= 0.3 is 6.09 Å². The van der Waals surface area contributed by atoms with Crippen LogP contribution in [0, 0.1) is 0 Å². The van der Waals surface area contributed by atoms with Gasteiger partial charge in [-0.3, -0.25) is 0 Å². The van der Waals surface area contributed by atoms with Crippen molar-refractivity contribution in [3.05, 3.63) is 0 Å². The largest absolute Gasteiger partial charge is 0.444 e. The molecule has 1 saturated heterocycles. The van der Waals surface area contributed by atoms with E-state index >= 15 is 0 Å². The summed E-state index contributed by atoms with van der Waals surface area (Å²) in [5.41, 5.74) is 4.71. The quantitative estimate of drug-likeness (QED) is 0.464. The first-order valence-corrected chi connectivity index (χ1v) is 2.46. The third-order valence-corrected chi connectivity index (χ3v) is 1.03. The first kappa shape index (κ1) is 5.37. The molecule has 0 bridgehead atoms. The van der Waals surface area contributed by atoms with Crippen molar-refractivity contribution < 1.29 is 9.53 Å². The summed E-state index contributed by atoms with van der Waals surface area (Å²) in [6.07, 6.45) is -0.663. The van der Waals surface area contributed by atoms with Crippen LogP contribution in [0.5, 0.6) is 0 Å². The fourth-order valence-electron chi connectivity index (χ4n) is 0.510. The van der Waals surface area contributed by atoms with Gasteiger partial charge in [-0.05, 0) is 0 Å². The predicted octanol–water partition coefficient (Wildman–Crippen LogP) is -0.947. The second-order valence-electron chi connectivity index (χ2n) is 1.72. The summed E-state index contributed by atoms with van der Waals surface area (Å²) in [4.78, 5) is 9.97. The number of carbonyl (C=O) groups is 1. The van der Waals surface area contributed by atoms with Crippen LogP contribution in [-0.4, -0.2) is 25.3 Å². The Hall–Kier alpha value is -0.770. The highest BCUT2D eigenvalue weighted by Gasteiger charge is 2.18. The highest BCUT2D eigenvalue weighted by atomic mass is 16.6. The van der Waals surface area contributed by atoms with Gasteiger partial charge in [0.25, 0.3) is 0 Å². The molecule has 0 aromatic rings. The normalized spacial score (nSPS) is 19.5. The number of hydrogen-bond acceptors (Lipinski definition) is 3. The van der Waals surface area contributed by atoms with E-state index in [-0.39, 0.29) is 6.10 Å². The van der Waals surface area contributed by atoms with Crippen LogP contribution in [0.15, 0.2) is 0 Å². The van der Waals surface area contributed by atoms with Crippen LogP contribution in [0.4, 0.5) is 4.79 Å². The van der Waals surface area contributed by atoms with Crippen LogP contribution in [0.25, 0.3) is 0 Å². The molecule has 1 rings (SSSR count). The van der Waals surface area contributed by atoms with Crippen LogP contribution in [0.3, 0.4) is 0 Å². The first-order chi connectivity index (χ1) is 3.79. The molecular weight excluding hydrogens is 108 g/mol. The summed E-state index contributed by atoms with van der Waals surface area (Å²) < 4.78 is 4.56. The topological polar surface area (TPSA) is 64.4 Å². The zero-order valence-corrected chi connectivity index (χ0v) is 4.39. The van der Waals surface area contributed by atoms with Crippen LogP contribution >= 0.6 is 0 Å². The molecule has 0 aromatic carbocycles. The minimum atomic E-state index is -0.684. The SMILES string of the molecule is NC(=O)OC1CNC1. The maximum Gasteiger partial charge on any atom is 0.404 e. The van der Waals surface area contributed by atoms with Gasteiger partial charge in [-0.2, -0.15) is 0 Å². The molecule has 0 saturated carbocycles. The Balaban J connectivity index is 2.09. The standard InChI is InChI=1S/C4H8N2O2/c5-4(7)8-3-1-6-2-3/h3,6H,1-2H2,(H2,5,7). The van der Waals surface area contributed by atoms with Crippen LogP contribution in [0.1, 0.15) is 0 Å². The Morgan fingerprint density at radius 1 is 1.75 bits per heavy atom. The van der Waals surface area contributed by atoms with Crippen molar-refractivity contribution in [3.63, 3.8) is 0 Å². The summed E-state index contributed by atoms with van der Waals surface area (Å²) in [6.45, 7) is 1.48. The number of amides is 1. The summed E-state index contributed by atoms with van der Waals surface area (Å²) in [6, 6.07) is 0. The molecule has 8 heavy (non-hydrogen) atoms. The maximum atomic E-state index is 9.97. The lowest BCUT2D eigenvalue weighted by atomic mass is 10.2. The smallest absolute Gasteiger partial charge is 0.404 e. The maximum absolute atomic E-state index is 9.97. The van der Waals surface area contributed by atoms with Gasteiger partial charge in [0.15, 0.2) is 0 Å². The molecule has 1 amide bonds. The second-order valence-corrected chi connectivity index (χ2v) is 1.72. The van der Waals surface area contributed by atoms with Crippen molar-refractivity contribution in [2.24, 2.45) is 5.73 Å². The summed E-state index contributed by atoms with van der Waals surface area (Å²) in [7, 11) is 0. The van der Waals surface area contributed by atoms with E-state index in [9.17, 15) is 4.79 Å².